The highest BCUT2D eigenvalue weighted by Crippen LogP contribution is 2.13. The molecule has 0 aromatic carbocycles. The first-order chi connectivity index (χ1) is 31.0. The molecule has 0 rings (SSSR count). The number of unbranched alkanes of at least 4 members (excludes halogenated alkanes) is 25. The van der Waals surface area contributed by atoms with Crippen LogP contribution in [0.5, 0.6) is 0 Å². The van der Waals surface area contributed by atoms with Crippen molar-refractivity contribution in [3.63, 3.8) is 0 Å². The standard InChI is InChI=1S/C57H96O6/c1-4-7-10-13-16-19-21-23-25-27-29-31-33-35-38-41-44-47-50-56(59)62-53-54(52-61-55(58)49-46-43-40-37-18-15-12-9-6-3)63-57(60)51-48-45-42-39-36-34-32-30-28-26-24-22-20-17-14-11-8-5-2/h16,19,21,23,25-32,37,40,54H,4-15,17-18,20,22,24,33-36,38-39,41-53H2,1-3H3/b19-16-,23-21-,27-25-,28-26-,31-29-,32-30-,40-37-. The highest BCUT2D eigenvalue weighted by Gasteiger charge is 2.19. The van der Waals surface area contributed by atoms with E-state index < -0.39 is 6.10 Å². The molecule has 0 spiro atoms. The number of carbonyl (C=O) groups is 3. The van der Waals surface area contributed by atoms with E-state index in [9.17, 15) is 14.4 Å². The maximum Gasteiger partial charge on any atom is 0.306 e. The van der Waals surface area contributed by atoms with Gasteiger partial charge in [0.1, 0.15) is 13.2 Å². The van der Waals surface area contributed by atoms with Crippen molar-refractivity contribution >= 4 is 17.9 Å². The van der Waals surface area contributed by atoms with Crippen LogP contribution < -0.4 is 0 Å². The second kappa shape index (κ2) is 51.2. The van der Waals surface area contributed by atoms with E-state index in [1.54, 1.807) is 0 Å². The summed E-state index contributed by atoms with van der Waals surface area (Å²) in [5, 5.41) is 0. The Balaban J connectivity index is 4.43. The van der Waals surface area contributed by atoms with Gasteiger partial charge in [-0.15, -0.1) is 0 Å². The number of ether oxygens (including phenoxy) is 3. The van der Waals surface area contributed by atoms with E-state index in [1.165, 1.54) is 96.3 Å². The van der Waals surface area contributed by atoms with E-state index in [-0.39, 0.29) is 31.1 Å². The highest BCUT2D eigenvalue weighted by molar-refractivity contribution is 5.71. The molecule has 0 fully saturated rings. The second-order valence-electron chi connectivity index (χ2n) is 17.2. The summed E-state index contributed by atoms with van der Waals surface area (Å²) < 4.78 is 16.7. The number of hydrogen-bond acceptors (Lipinski definition) is 6. The Labute approximate surface area is 388 Å². The summed E-state index contributed by atoms with van der Waals surface area (Å²) in [6, 6.07) is 0. The minimum atomic E-state index is -0.805. The summed E-state index contributed by atoms with van der Waals surface area (Å²) in [4.78, 5) is 37.9. The Kier molecular flexibility index (Phi) is 48.5. The third kappa shape index (κ3) is 49.5. The predicted octanol–water partition coefficient (Wildman–Crippen LogP) is 17.2. The number of carbonyl (C=O) groups excluding carboxylic acids is 3. The van der Waals surface area contributed by atoms with Crippen LogP contribution in [-0.4, -0.2) is 37.2 Å². The van der Waals surface area contributed by atoms with E-state index >= 15 is 0 Å². The number of hydrogen-bond donors (Lipinski definition) is 0. The Morgan fingerprint density at radius 1 is 0.317 bits per heavy atom. The van der Waals surface area contributed by atoms with Crippen molar-refractivity contribution in [2.24, 2.45) is 0 Å². The van der Waals surface area contributed by atoms with Gasteiger partial charge in [0.25, 0.3) is 0 Å². The molecule has 0 aromatic heterocycles. The molecular formula is C57H96O6. The second-order valence-corrected chi connectivity index (χ2v) is 17.2. The summed E-state index contributed by atoms with van der Waals surface area (Å²) in [6.45, 7) is 6.50. The van der Waals surface area contributed by atoms with Gasteiger partial charge in [0.15, 0.2) is 6.10 Å². The van der Waals surface area contributed by atoms with Gasteiger partial charge in [-0.1, -0.05) is 215 Å². The summed E-state index contributed by atoms with van der Waals surface area (Å²) in [7, 11) is 0. The first-order valence-electron chi connectivity index (χ1n) is 26.2. The van der Waals surface area contributed by atoms with Crippen LogP contribution in [0.25, 0.3) is 0 Å². The van der Waals surface area contributed by atoms with Crippen molar-refractivity contribution in [3.8, 4) is 0 Å². The first kappa shape index (κ1) is 59.6. The number of rotatable bonds is 46. The lowest BCUT2D eigenvalue weighted by molar-refractivity contribution is -0.167. The van der Waals surface area contributed by atoms with E-state index in [0.29, 0.717) is 25.7 Å². The van der Waals surface area contributed by atoms with Crippen molar-refractivity contribution in [2.75, 3.05) is 13.2 Å². The molecule has 0 N–H and O–H groups in total. The van der Waals surface area contributed by atoms with Crippen LogP contribution in [0, 0.1) is 0 Å². The molecule has 0 aliphatic heterocycles. The average molecular weight is 877 g/mol. The highest BCUT2D eigenvalue weighted by atomic mass is 16.6. The SMILES string of the molecule is CCCCC\C=C/C=C\C=C/C=C\CCCCCCCC(=O)OCC(COC(=O)CCC/C=C\CCCCCC)OC(=O)CCCCCCC/C=C\C=C/CCCCCCCCC. The lowest BCUT2D eigenvalue weighted by Crippen LogP contribution is -2.30. The molecule has 0 aromatic rings. The van der Waals surface area contributed by atoms with Crippen molar-refractivity contribution in [2.45, 2.75) is 245 Å². The largest absolute Gasteiger partial charge is 0.462 e. The molecule has 6 heteroatoms. The molecule has 0 amide bonds. The minimum absolute atomic E-state index is 0.104. The van der Waals surface area contributed by atoms with Crippen LogP contribution >= 0.6 is 0 Å². The Morgan fingerprint density at radius 3 is 1.06 bits per heavy atom. The van der Waals surface area contributed by atoms with Gasteiger partial charge in [0, 0.05) is 19.3 Å². The average Bonchev–Trinajstić information content (AvgIpc) is 3.28. The zero-order valence-electron chi connectivity index (χ0n) is 41.1. The van der Waals surface area contributed by atoms with Gasteiger partial charge in [0.05, 0.1) is 0 Å². The van der Waals surface area contributed by atoms with Gasteiger partial charge in [-0.25, -0.2) is 0 Å². The van der Waals surface area contributed by atoms with Gasteiger partial charge in [0.2, 0.25) is 0 Å². The minimum Gasteiger partial charge on any atom is -0.462 e. The van der Waals surface area contributed by atoms with E-state index in [1.807, 2.05) is 0 Å². The van der Waals surface area contributed by atoms with Crippen molar-refractivity contribution in [3.05, 3.63) is 85.1 Å². The van der Waals surface area contributed by atoms with Crippen LogP contribution in [0.2, 0.25) is 0 Å². The molecular weight excluding hydrogens is 781 g/mol. The molecule has 1 atom stereocenters. The van der Waals surface area contributed by atoms with E-state index in [2.05, 4.69) is 106 Å². The molecule has 0 aliphatic carbocycles. The third-order valence-electron chi connectivity index (χ3n) is 11.0. The molecule has 360 valence electrons. The van der Waals surface area contributed by atoms with Crippen molar-refractivity contribution in [1.82, 2.24) is 0 Å². The zero-order valence-corrected chi connectivity index (χ0v) is 41.1. The lowest BCUT2D eigenvalue weighted by atomic mass is 10.1. The predicted molar refractivity (Wildman–Crippen MR) is 270 cm³/mol. The topological polar surface area (TPSA) is 78.9 Å². The van der Waals surface area contributed by atoms with Crippen LogP contribution in [-0.2, 0) is 28.6 Å². The van der Waals surface area contributed by atoms with E-state index in [4.69, 9.17) is 14.2 Å². The molecule has 0 saturated heterocycles. The fourth-order valence-corrected chi connectivity index (χ4v) is 6.98. The fraction of sp³-hybridized carbons (Fsp3) is 0.702. The summed E-state index contributed by atoms with van der Waals surface area (Å²) >= 11 is 0. The van der Waals surface area contributed by atoms with Crippen LogP contribution in [0.1, 0.15) is 239 Å². The van der Waals surface area contributed by atoms with Gasteiger partial charge >= 0.3 is 17.9 Å². The van der Waals surface area contributed by atoms with Gasteiger partial charge in [-0.05, 0) is 89.9 Å². The van der Waals surface area contributed by atoms with Crippen molar-refractivity contribution < 1.29 is 28.6 Å². The van der Waals surface area contributed by atoms with Gasteiger partial charge in [-0.2, -0.15) is 0 Å². The fourth-order valence-electron chi connectivity index (χ4n) is 6.98. The maximum atomic E-state index is 12.8. The molecule has 6 nitrogen and oxygen atoms in total. The van der Waals surface area contributed by atoms with Crippen LogP contribution in [0.4, 0.5) is 0 Å². The monoisotopic (exact) mass is 877 g/mol. The Hall–Kier alpha value is -3.41. The zero-order chi connectivity index (χ0) is 45.8. The molecule has 63 heavy (non-hydrogen) atoms. The molecule has 0 saturated carbocycles. The van der Waals surface area contributed by atoms with Crippen LogP contribution in [0.3, 0.4) is 0 Å². The molecule has 0 heterocycles. The smallest absolute Gasteiger partial charge is 0.306 e. The number of esters is 3. The lowest BCUT2D eigenvalue weighted by Gasteiger charge is -2.18. The van der Waals surface area contributed by atoms with Crippen LogP contribution in [0.15, 0.2) is 85.1 Å². The van der Waals surface area contributed by atoms with Crippen molar-refractivity contribution in [1.29, 1.82) is 0 Å². The molecule has 0 aliphatic rings. The summed E-state index contributed by atoms with van der Waals surface area (Å²) in [6.07, 6.45) is 65.7. The van der Waals surface area contributed by atoms with Gasteiger partial charge < -0.3 is 14.2 Å². The van der Waals surface area contributed by atoms with E-state index in [0.717, 1.165) is 96.3 Å². The third-order valence-corrected chi connectivity index (χ3v) is 11.0. The number of allylic oxidation sites excluding steroid dienone is 14. The molecule has 0 bridgehead atoms. The Morgan fingerprint density at radius 2 is 0.603 bits per heavy atom. The summed E-state index contributed by atoms with van der Waals surface area (Å²) in [5.41, 5.74) is 0. The first-order valence-corrected chi connectivity index (χ1v) is 26.2. The maximum absolute atomic E-state index is 12.8. The quantitative estimate of drug-likeness (QED) is 0.0199. The molecule has 1 unspecified atom stereocenters. The summed E-state index contributed by atoms with van der Waals surface area (Å²) in [5.74, 6) is -0.978. The van der Waals surface area contributed by atoms with Gasteiger partial charge in [-0.3, -0.25) is 14.4 Å². The normalized spacial score (nSPS) is 12.7. The Bertz CT molecular complexity index is 1240. The molecule has 0 radical (unpaired) electrons.